The Balaban J connectivity index is 1.60. The van der Waals surface area contributed by atoms with Crippen LogP contribution in [-0.2, 0) is 10.5 Å². The van der Waals surface area contributed by atoms with E-state index in [-0.39, 0.29) is 12.4 Å². The Morgan fingerprint density at radius 1 is 1.19 bits per heavy atom. The third kappa shape index (κ3) is 3.35. The van der Waals surface area contributed by atoms with Crippen LogP contribution in [0.2, 0.25) is 0 Å². The molecule has 27 heavy (non-hydrogen) atoms. The first-order chi connectivity index (χ1) is 13.2. The van der Waals surface area contributed by atoms with Gasteiger partial charge in [0.15, 0.2) is 0 Å². The van der Waals surface area contributed by atoms with Gasteiger partial charge in [0.05, 0.1) is 18.4 Å². The topological polar surface area (TPSA) is 91.5 Å². The summed E-state index contributed by atoms with van der Waals surface area (Å²) in [4.78, 5) is 12.3. The van der Waals surface area contributed by atoms with Crippen molar-refractivity contribution in [2.45, 2.75) is 24.8 Å². The molecule has 138 valence electrons. The van der Waals surface area contributed by atoms with Crippen molar-refractivity contribution < 1.29 is 22.8 Å². The fraction of sp³-hybridized carbons (Fsp3) is 0.211. The highest BCUT2D eigenvalue weighted by Gasteiger charge is 2.22. The minimum atomic E-state index is -0.482. The second-order valence-corrected chi connectivity index (χ2v) is 6.61. The molecule has 0 amide bonds. The van der Waals surface area contributed by atoms with Crippen LogP contribution in [0.3, 0.4) is 0 Å². The lowest BCUT2D eigenvalue weighted by Gasteiger charge is -2.01. The van der Waals surface area contributed by atoms with Crippen molar-refractivity contribution in [3.8, 4) is 11.5 Å². The Labute approximate surface area is 158 Å². The van der Waals surface area contributed by atoms with Crippen molar-refractivity contribution in [1.82, 2.24) is 10.2 Å². The number of aromatic nitrogens is 2. The highest BCUT2D eigenvalue weighted by Crippen LogP contribution is 2.33. The zero-order chi connectivity index (χ0) is 18.8. The number of thioether (sulfide) groups is 1. The molecular formula is C19H16N2O5S. The standard InChI is InChI=1S/C19H16N2O5S/c1-3-23-18(22)16-14(13-6-4-5-7-15(13)25-16)10-27-19-21-20-17(26-19)12-8-9-24-11(12)2/h4-9H,3,10H2,1-2H3. The van der Waals surface area contributed by atoms with Crippen molar-refractivity contribution in [3.63, 3.8) is 0 Å². The summed E-state index contributed by atoms with van der Waals surface area (Å²) in [5, 5.41) is 9.37. The van der Waals surface area contributed by atoms with E-state index in [1.165, 1.54) is 11.8 Å². The zero-order valence-electron chi connectivity index (χ0n) is 14.7. The minimum Gasteiger partial charge on any atom is -0.469 e. The second kappa shape index (κ2) is 7.32. The van der Waals surface area contributed by atoms with Gasteiger partial charge < -0.3 is 18.0 Å². The Hall–Kier alpha value is -3.00. The summed E-state index contributed by atoms with van der Waals surface area (Å²) in [7, 11) is 0. The van der Waals surface area contributed by atoms with Crippen molar-refractivity contribution in [2.24, 2.45) is 0 Å². The van der Waals surface area contributed by atoms with Crippen LogP contribution in [-0.4, -0.2) is 22.8 Å². The normalized spacial score (nSPS) is 11.2. The van der Waals surface area contributed by atoms with Gasteiger partial charge >= 0.3 is 5.97 Å². The van der Waals surface area contributed by atoms with E-state index < -0.39 is 5.97 Å². The van der Waals surface area contributed by atoms with Crippen molar-refractivity contribution >= 4 is 28.7 Å². The molecule has 0 fully saturated rings. The number of hydrogen-bond acceptors (Lipinski definition) is 8. The number of nitrogens with zero attached hydrogens (tertiary/aromatic N) is 2. The molecule has 0 radical (unpaired) electrons. The Kier molecular flexibility index (Phi) is 4.72. The highest BCUT2D eigenvalue weighted by molar-refractivity contribution is 7.98. The number of carbonyl (C=O) groups is 1. The molecule has 7 nitrogen and oxygen atoms in total. The average Bonchev–Trinajstić information content (AvgIpc) is 3.38. The maximum atomic E-state index is 12.3. The van der Waals surface area contributed by atoms with Crippen LogP contribution < -0.4 is 0 Å². The summed E-state index contributed by atoms with van der Waals surface area (Å²) < 4.78 is 21.8. The molecule has 3 heterocycles. The maximum Gasteiger partial charge on any atom is 0.374 e. The quantitative estimate of drug-likeness (QED) is 0.344. The van der Waals surface area contributed by atoms with Crippen LogP contribution in [0, 0.1) is 6.92 Å². The van der Waals surface area contributed by atoms with E-state index >= 15 is 0 Å². The number of ether oxygens (including phenoxy) is 1. The molecule has 0 atom stereocenters. The Bertz CT molecular complexity index is 1090. The van der Waals surface area contributed by atoms with E-state index in [4.69, 9.17) is 18.0 Å². The van der Waals surface area contributed by atoms with Gasteiger partial charge in [-0.05, 0) is 26.0 Å². The first-order valence-corrected chi connectivity index (χ1v) is 9.34. The molecule has 0 aliphatic carbocycles. The lowest BCUT2D eigenvalue weighted by Crippen LogP contribution is -2.05. The smallest absolute Gasteiger partial charge is 0.374 e. The number of hydrogen-bond donors (Lipinski definition) is 0. The summed E-state index contributed by atoms with van der Waals surface area (Å²) in [6, 6.07) is 9.26. The van der Waals surface area contributed by atoms with Gasteiger partial charge in [0, 0.05) is 16.7 Å². The third-order valence-electron chi connectivity index (χ3n) is 3.99. The molecule has 0 aliphatic rings. The van der Waals surface area contributed by atoms with Crippen molar-refractivity contribution in [1.29, 1.82) is 0 Å². The number of esters is 1. The Morgan fingerprint density at radius 3 is 2.81 bits per heavy atom. The van der Waals surface area contributed by atoms with Crippen LogP contribution in [0.4, 0.5) is 0 Å². The van der Waals surface area contributed by atoms with E-state index in [1.54, 1.807) is 19.3 Å². The first kappa shape index (κ1) is 17.4. The van der Waals surface area contributed by atoms with Crippen molar-refractivity contribution in [2.75, 3.05) is 6.61 Å². The van der Waals surface area contributed by atoms with Gasteiger partial charge in [0.25, 0.3) is 11.1 Å². The molecule has 0 N–H and O–H groups in total. The molecule has 0 aliphatic heterocycles. The number of aryl methyl sites for hydroxylation is 1. The van der Waals surface area contributed by atoms with E-state index in [1.807, 2.05) is 31.2 Å². The molecule has 0 saturated carbocycles. The van der Waals surface area contributed by atoms with Crippen LogP contribution in [0.15, 0.2) is 55.1 Å². The van der Waals surface area contributed by atoms with Crippen LogP contribution >= 0.6 is 11.8 Å². The minimum absolute atomic E-state index is 0.205. The molecule has 0 spiro atoms. The third-order valence-corrected chi connectivity index (χ3v) is 4.84. The van der Waals surface area contributed by atoms with Gasteiger partial charge in [-0.2, -0.15) is 0 Å². The number of rotatable bonds is 6. The van der Waals surface area contributed by atoms with Crippen molar-refractivity contribution in [3.05, 3.63) is 53.7 Å². The first-order valence-electron chi connectivity index (χ1n) is 8.35. The van der Waals surface area contributed by atoms with Gasteiger partial charge in [-0.1, -0.05) is 30.0 Å². The Morgan fingerprint density at radius 2 is 2.04 bits per heavy atom. The molecule has 4 rings (SSSR count). The average molecular weight is 384 g/mol. The molecule has 0 saturated heterocycles. The maximum absolute atomic E-state index is 12.3. The number of para-hydroxylation sites is 1. The lowest BCUT2D eigenvalue weighted by molar-refractivity contribution is 0.0491. The van der Waals surface area contributed by atoms with E-state index in [0.717, 1.165) is 16.5 Å². The van der Waals surface area contributed by atoms with E-state index in [0.29, 0.717) is 28.2 Å². The number of benzene rings is 1. The number of fused-ring (bicyclic) bond motifs is 1. The molecule has 0 bridgehead atoms. The summed E-state index contributed by atoms with van der Waals surface area (Å²) in [5.74, 6) is 1.25. The van der Waals surface area contributed by atoms with Gasteiger partial charge in [0.2, 0.25) is 5.76 Å². The predicted octanol–water partition coefficient (Wildman–Crippen LogP) is 4.85. The van der Waals surface area contributed by atoms with Crippen LogP contribution in [0.25, 0.3) is 22.4 Å². The van der Waals surface area contributed by atoms with Gasteiger partial charge in [-0.3, -0.25) is 0 Å². The molecule has 3 aromatic heterocycles. The molecular weight excluding hydrogens is 368 g/mol. The summed E-state index contributed by atoms with van der Waals surface area (Å²) >= 11 is 1.33. The molecule has 1 aromatic carbocycles. The highest BCUT2D eigenvalue weighted by atomic mass is 32.2. The largest absolute Gasteiger partial charge is 0.469 e. The summed E-state index contributed by atoms with van der Waals surface area (Å²) in [6.45, 7) is 3.86. The molecule has 0 unspecified atom stereocenters. The van der Waals surface area contributed by atoms with E-state index in [2.05, 4.69) is 10.2 Å². The summed E-state index contributed by atoms with van der Waals surface area (Å²) in [6.07, 6.45) is 1.57. The zero-order valence-corrected chi connectivity index (χ0v) is 15.5. The monoisotopic (exact) mass is 384 g/mol. The van der Waals surface area contributed by atoms with E-state index in [9.17, 15) is 4.79 Å². The fourth-order valence-electron chi connectivity index (χ4n) is 2.72. The van der Waals surface area contributed by atoms with Crippen LogP contribution in [0.5, 0.6) is 0 Å². The molecule has 4 aromatic rings. The van der Waals surface area contributed by atoms with Crippen LogP contribution in [0.1, 0.15) is 28.8 Å². The molecule has 8 heteroatoms. The predicted molar refractivity (Wildman–Crippen MR) is 98.5 cm³/mol. The number of furan rings is 2. The number of carbonyl (C=O) groups excluding carboxylic acids is 1. The van der Waals surface area contributed by atoms with Gasteiger partial charge in [-0.15, -0.1) is 10.2 Å². The van der Waals surface area contributed by atoms with Gasteiger partial charge in [0.1, 0.15) is 11.3 Å². The fourth-order valence-corrected chi connectivity index (χ4v) is 3.51. The second-order valence-electron chi connectivity index (χ2n) is 5.68. The van der Waals surface area contributed by atoms with Gasteiger partial charge in [-0.25, -0.2) is 4.79 Å². The SMILES string of the molecule is CCOC(=O)c1oc2ccccc2c1CSc1nnc(-c2ccoc2C)o1. The summed E-state index contributed by atoms with van der Waals surface area (Å²) in [5.41, 5.74) is 2.14. The lowest BCUT2D eigenvalue weighted by atomic mass is 10.1.